The Hall–Kier alpha value is -1.92. The van der Waals surface area contributed by atoms with Crippen molar-refractivity contribution in [3.05, 3.63) is 56.8 Å². The normalized spacial score (nSPS) is 24.9. The SMILES string of the molecule is CC1=C(C(=O)OCC2CCCO2)C(c2ccccc2Br)C2=C(CCCC2=O)N1. The van der Waals surface area contributed by atoms with Gasteiger partial charge in [-0.05, 0) is 44.2 Å². The molecule has 2 heterocycles. The van der Waals surface area contributed by atoms with Gasteiger partial charge in [-0.25, -0.2) is 4.79 Å². The average Bonchev–Trinajstić information content (AvgIpc) is 3.19. The minimum atomic E-state index is -0.420. The molecule has 1 aromatic carbocycles. The molecule has 0 aromatic heterocycles. The van der Waals surface area contributed by atoms with E-state index < -0.39 is 5.92 Å². The predicted molar refractivity (Wildman–Crippen MR) is 109 cm³/mol. The number of hydrogen-bond acceptors (Lipinski definition) is 5. The molecule has 1 N–H and O–H groups in total. The predicted octanol–water partition coefficient (Wildman–Crippen LogP) is 4.14. The van der Waals surface area contributed by atoms with Crippen LogP contribution in [0.3, 0.4) is 0 Å². The van der Waals surface area contributed by atoms with E-state index in [1.54, 1.807) is 0 Å². The van der Waals surface area contributed by atoms with Crippen LogP contribution in [0.1, 0.15) is 50.5 Å². The van der Waals surface area contributed by atoms with E-state index in [4.69, 9.17) is 9.47 Å². The zero-order chi connectivity index (χ0) is 19.7. The van der Waals surface area contributed by atoms with Crippen molar-refractivity contribution in [1.29, 1.82) is 0 Å². The molecule has 0 radical (unpaired) electrons. The van der Waals surface area contributed by atoms with Crippen molar-refractivity contribution in [2.24, 2.45) is 0 Å². The second-order valence-corrected chi connectivity index (χ2v) is 8.37. The monoisotopic (exact) mass is 445 g/mol. The molecule has 3 aliphatic rings. The lowest BCUT2D eigenvalue weighted by molar-refractivity contribution is -0.142. The summed E-state index contributed by atoms with van der Waals surface area (Å²) < 4.78 is 12.1. The van der Waals surface area contributed by atoms with Crippen molar-refractivity contribution in [3.8, 4) is 0 Å². The second-order valence-electron chi connectivity index (χ2n) is 7.52. The Bertz CT molecular complexity index is 867. The van der Waals surface area contributed by atoms with Crippen LogP contribution in [0.4, 0.5) is 0 Å². The molecule has 28 heavy (non-hydrogen) atoms. The highest BCUT2D eigenvalue weighted by atomic mass is 79.9. The lowest BCUT2D eigenvalue weighted by Crippen LogP contribution is -2.35. The summed E-state index contributed by atoms with van der Waals surface area (Å²) in [5.74, 6) is -0.700. The summed E-state index contributed by atoms with van der Waals surface area (Å²) in [5.41, 5.74) is 3.82. The third-order valence-electron chi connectivity index (χ3n) is 5.64. The maximum atomic E-state index is 13.1. The van der Waals surface area contributed by atoms with Crippen molar-refractivity contribution in [3.63, 3.8) is 0 Å². The van der Waals surface area contributed by atoms with Crippen LogP contribution < -0.4 is 5.32 Å². The molecule has 0 saturated carbocycles. The van der Waals surface area contributed by atoms with Crippen LogP contribution in [0, 0.1) is 0 Å². The van der Waals surface area contributed by atoms with Crippen molar-refractivity contribution in [2.75, 3.05) is 13.2 Å². The van der Waals surface area contributed by atoms with E-state index in [1.165, 1.54) is 0 Å². The van der Waals surface area contributed by atoms with Gasteiger partial charge in [0.15, 0.2) is 5.78 Å². The van der Waals surface area contributed by atoms with Crippen LogP contribution in [-0.4, -0.2) is 31.1 Å². The number of benzene rings is 1. The van der Waals surface area contributed by atoms with Crippen molar-refractivity contribution in [2.45, 2.75) is 51.0 Å². The van der Waals surface area contributed by atoms with E-state index >= 15 is 0 Å². The second kappa shape index (κ2) is 8.21. The van der Waals surface area contributed by atoms with Crippen molar-refractivity contribution in [1.82, 2.24) is 5.32 Å². The van der Waals surface area contributed by atoms with Gasteiger partial charge < -0.3 is 14.8 Å². The summed E-state index contributed by atoms with van der Waals surface area (Å²) in [5, 5.41) is 3.32. The number of carbonyl (C=O) groups is 2. The topological polar surface area (TPSA) is 64.6 Å². The minimum absolute atomic E-state index is 0.0330. The molecule has 5 nitrogen and oxygen atoms in total. The number of ether oxygens (including phenoxy) is 2. The fourth-order valence-corrected chi connectivity index (χ4v) is 4.81. The van der Waals surface area contributed by atoms with Gasteiger partial charge in [0.1, 0.15) is 6.61 Å². The highest BCUT2D eigenvalue weighted by Gasteiger charge is 2.40. The molecule has 4 rings (SSSR count). The largest absolute Gasteiger partial charge is 0.459 e. The number of carbonyl (C=O) groups excluding carboxylic acids is 2. The minimum Gasteiger partial charge on any atom is -0.459 e. The number of rotatable bonds is 4. The van der Waals surface area contributed by atoms with Gasteiger partial charge >= 0.3 is 5.97 Å². The molecule has 1 aromatic rings. The molecule has 6 heteroatoms. The van der Waals surface area contributed by atoms with E-state index in [2.05, 4.69) is 21.2 Å². The fourth-order valence-electron chi connectivity index (χ4n) is 4.30. The smallest absolute Gasteiger partial charge is 0.336 e. The maximum absolute atomic E-state index is 13.1. The highest BCUT2D eigenvalue weighted by Crippen LogP contribution is 2.44. The fraction of sp³-hybridized carbons (Fsp3) is 0.455. The maximum Gasteiger partial charge on any atom is 0.336 e. The zero-order valence-corrected chi connectivity index (χ0v) is 17.5. The zero-order valence-electron chi connectivity index (χ0n) is 15.9. The van der Waals surface area contributed by atoms with E-state index in [1.807, 2.05) is 31.2 Å². The summed E-state index contributed by atoms with van der Waals surface area (Å²) in [6.45, 7) is 2.85. The molecule has 2 atom stereocenters. The lowest BCUT2D eigenvalue weighted by Gasteiger charge is -2.34. The Morgan fingerprint density at radius 2 is 2.11 bits per heavy atom. The van der Waals surface area contributed by atoms with E-state index in [-0.39, 0.29) is 24.5 Å². The van der Waals surface area contributed by atoms with E-state index in [9.17, 15) is 9.59 Å². The molecule has 1 fully saturated rings. The Kier molecular flexibility index (Phi) is 5.69. The number of esters is 1. The summed E-state index contributed by atoms with van der Waals surface area (Å²) in [7, 11) is 0. The molecule has 0 bridgehead atoms. The molecule has 0 amide bonds. The number of dihydropyridines is 1. The van der Waals surface area contributed by atoms with Crippen LogP contribution in [0.15, 0.2) is 51.3 Å². The third-order valence-corrected chi connectivity index (χ3v) is 6.36. The lowest BCUT2D eigenvalue weighted by atomic mass is 9.75. The van der Waals surface area contributed by atoms with Crippen molar-refractivity contribution >= 4 is 27.7 Å². The van der Waals surface area contributed by atoms with Crippen molar-refractivity contribution < 1.29 is 19.1 Å². The summed E-state index contributed by atoms with van der Waals surface area (Å²) >= 11 is 3.61. The number of halogens is 1. The van der Waals surface area contributed by atoms with Gasteiger partial charge in [0, 0.05) is 40.4 Å². The number of ketones is 1. The quantitative estimate of drug-likeness (QED) is 0.705. The van der Waals surface area contributed by atoms with Crippen LogP contribution in [0.25, 0.3) is 0 Å². The molecule has 1 aliphatic carbocycles. The Balaban J connectivity index is 1.71. The Morgan fingerprint density at radius 3 is 2.86 bits per heavy atom. The number of allylic oxidation sites excluding steroid dienone is 3. The summed E-state index contributed by atoms with van der Waals surface area (Å²) in [4.78, 5) is 26.0. The number of nitrogens with one attached hydrogen (secondary N) is 1. The third kappa shape index (κ3) is 3.67. The molecule has 2 aliphatic heterocycles. The Morgan fingerprint density at radius 1 is 1.29 bits per heavy atom. The Labute approximate surface area is 173 Å². The van der Waals surface area contributed by atoms with Gasteiger partial charge in [-0.3, -0.25) is 4.79 Å². The number of Topliss-reactive ketones (excluding diaryl/α,β-unsaturated/α-hetero) is 1. The standard InChI is InChI=1S/C22H24BrNO4/c1-13-19(22(26)28-12-14-6-5-11-27-14)20(15-7-2-3-8-16(15)23)21-17(24-13)9-4-10-18(21)25/h2-3,7-8,14,20,24H,4-6,9-12H2,1H3. The first-order valence-corrected chi connectivity index (χ1v) is 10.6. The molecule has 148 valence electrons. The van der Waals surface area contributed by atoms with Gasteiger partial charge in [-0.15, -0.1) is 0 Å². The van der Waals surface area contributed by atoms with Crippen LogP contribution in [-0.2, 0) is 19.1 Å². The van der Waals surface area contributed by atoms with Gasteiger partial charge in [0.05, 0.1) is 11.7 Å². The van der Waals surface area contributed by atoms with Gasteiger partial charge in [-0.2, -0.15) is 0 Å². The number of hydrogen-bond donors (Lipinski definition) is 1. The molecule has 1 saturated heterocycles. The van der Waals surface area contributed by atoms with E-state index in [0.717, 1.165) is 53.7 Å². The highest BCUT2D eigenvalue weighted by molar-refractivity contribution is 9.10. The van der Waals surface area contributed by atoms with Crippen LogP contribution in [0.2, 0.25) is 0 Å². The summed E-state index contributed by atoms with van der Waals surface area (Å²) in [6.07, 6.45) is 4.03. The van der Waals surface area contributed by atoms with Gasteiger partial charge in [-0.1, -0.05) is 34.1 Å². The molecule has 0 spiro atoms. The van der Waals surface area contributed by atoms with Gasteiger partial charge in [0.2, 0.25) is 0 Å². The molecule has 2 unspecified atom stereocenters. The van der Waals surface area contributed by atoms with Gasteiger partial charge in [0.25, 0.3) is 0 Å². The first-order valence-electron chi connectivity index (χ1n) is 9.83. The van der Waals surface area contributed by atoms with Crippen LogP contribution >= 0.6 is 15.9 Å². The first kappa shape index (κ1) is 19.4. The van der Waals surface area contributed by atoms with Crippen LogP contribution in [0.5, 0.6) is 0 Å². The molecular formula is C22H24BrNO4. The van der Waals surface area contributed by atoms with E-state index in [0.29, 0.717) is 17.6 Å². The average molecular weight is 446 g/mol. The summed E-state index contributed by atoms with van der Waals surface area (Å²) in [6, 6.07) is 7.77. The molecular weight excluding hydrogens is 422 g/mol. The first-order chi connectivity index (χ1) is 13.6.